The third-order valence-electron chi connectivity index (χ3n) is 3.98. The second-order valence-electron chi connectivity index (χ2n) is 4.97. The lowest BCUT2D eigenvalue weighted by Gasteiger charge is -2.26. The van der Waals surface area contributed by atoms with Gasteiger partial charge in [0.1, 0.15) is 0 Å². The number of hydrogen-bond donors (Lipinski definition) is 2. The van der Waals surface area contributed by atoms with Crippen molar-refractivity contribution in [3.63, 3.8) is 0 Å². The number of hydrazine groups is 1. The maximum atomic E-state index is 6.27. The lowest BCUT2D eigenvalue weighted by molar-refractivity contribution is 1.06. The highest BCUT2D eigenvalue weighted by molar-refractivity contribution is 5.81. The minimum absolute atomic E-state index is 0.756. The van der Waals surface area contributed by atoms with E-state index in [9.17, 15) is 0 Å². The first-order valence-corrected chi connectivity index (χ1v) is 6.40. The second kappa shape index (κ2) is 4.94. The maximum absolute atomic E-state index is 6.27. The smallest absolute Gasteiger partial charge is 0.0839 e. The van der Waals surface area contributed by atoms with Crippen LogP contribution in [-0.4, -0.2) is 0 Å². The molecule has 4 N–H and O–H groups in total. The van der Waals surface area contributed by atoms with Crippen LogP contribution >= 0.6 is 0 Å². The number of rotatable bonds is 2. The van der Waals surface area contributed by atoms with Crippen molar-refractivity contribution in [1.82, 2.24) is 0 Å². The molecule has 0 fully saturated rings. The number of para-hydroxylation sites is 1. The highest BCUT2D eigenvalue weighted by atomic mass is 15.4. The lowest BCUT2D eigenvalue weighted by Crippen LogP contribution is -2.27. The Labute approximate surface area is 114 Å². The van der Waals surface area contributed by atoms with Gasteiger partial charge in [0.2, 0.25) is 0 Å². The summed E-state index contributed by atoms with van der Waals surface area (Å²) in [5.41, 5.74) is 13.6. The standard InChI is InChI=1S/C16H21N3/c1-10-11(2)13(4)16(15(17)12(10)3)19(18)14-8-6-5-7-9-14/h5-9H,17-18H2,1-4H3. The van der Waals surface area contributed by atoms with Crippen molar-refractivity contribution < 1.29 is 0 Å². The van der Waals surface area contributed by atoms with Gasteiger partial charge in [0, 0.05) is 0 Å². The first kappa shape index (κ1) is 13.4. The normalized spacial score (nSPS) is 10.6. The molecule has 0 aliphatic carbocycles. The molecule has 2 aromatic carbocycles. The van der Waals surface area contributed by atoms with E-state index >= 15 is 0 Å². The van der Waals surface area contributed by atoms with Crippen LogP contribution in [0.4, 0.5) is 17.1 Å². The van der Waals surface area contributed by atoms with Gasteiger partial charge in [0.05, 0.1) is 17.1 Å². The van der Waals surface area contributed by atoms with Crippen molar-refractivity contribution in [1.29, 1.82) is 0 Å². The Morgan fingerprint density at radius 3 is 1.89 bits per heavy atom. The molecule has 0 saturated heterocycles. The van der Waals surface area contributed by atoms with Crippen molar-refractivity contribution in [2.75, 3.05) is 10.7 Å². The fourth-order valence-electron chi connectivity index (χ4n) is 2.35. The Morgan fingerprint density at radius 1 is 0.789 bits per heavy atom. The van der Waals surface area contributed by atoms with E-state index in [2.05, 4.69) is 20.8 Å². The van der Waals surface area contributed by atoms with Gasteiger partial charge in [-0.05, 0) is 62.1 Å². The summed E-state index contributed by atoms with van der Waals surface area (Å²) in [7, 11) is 0. The van der Waals surface area contributed by atoms with Crippen LogP contribution in [0.2, 0.25) is 0 Å². The largest absolute Gasteiger partial charge is 0.397 e. The molecule has 0 atom stereocenters. The molecule has 0 amide bonds. The predicted molar refractivity (Wildman–Crippen MR) is 82.6 cm³/mol. The zero-order valence-electron chi connectivity index (χ0n) is 12.0. The first-order valence-electron chi connectivity index (χ1n) is 6.40. The molecule has 0 aliphatic heterocycles. The predicted octanol–water partition coefficient (Wildman–Crippen LogP) is 3.51. The molecule has 0 aliphatic rings. The molecule has 0 spiro atoms. The monoisotopic (exact) mass is 255 g/mol. The lowest BCUT2D eigenvalue weighted by atomic mass is 9.95. The van der Waals surface area contributed by atoms with Gasteiger partial charge in [0.15, 0.2) is 0 Å². The maximum Gasteiger partial charge on any atom is 0.0839 e. The van der Waals surface area contributed by atoms with Crippen LogP contribution in [0.1, 0.15) is 22.3 Å². The first-order chi connectivity index (χ1) is 8.95. The van der Waals surface area contributed by atoms with Gasteiger partial charge in [-0.25, -0.2) is 5.84 Å². The number of nitrogens with two attached hydrogens (primary N) is 2. The van der Waals surface area contributed by atoms with Crippen LogP contribution in [0.3, 0.4) is 0 Å². The minimum Gasteiger partial charge on any atom is -0.397 e. The molecule has 2 rings (SSSR count). The molecule has 0 radical (unpaired) electrons. The van der Waals surface area contributed by atoms with E-state index in [0.29, 0.717) is 0 Å². The molecule has 0 aromatic heterocycles. The highest BCUT2D eigenvalue weighted by Crippen LogP contribution is 2.37. The van der Waals surface area contributed by atoms with Crippen molar-refractivity contribution in [2.24, 2.45) is 5.84 Å². The average Bonchev–Trinajstić information content (AvgIpc) is 2.44. The number of nitrogen functional groups attached to an aromatic ring is 1. The fourth-order valence-corrected chi connectivity index (χ4v) is 2.35. The van der Waals surface area contributed by atoms with Crippen LogP contribution < -0.4 is 16.6 Å². The van der Waals surface area contributed by atoms with Crippen LogP contribution in [0, 0.1) is 27.7 Å². The summed E-state index contributed by atoms with van der Waals surface area (Å²) >= 11 is 0. The third-order valence-corrected chi connectivity index (χ3v) is 3.98. The summed E-state index contributed by atoms with van der Waals surface area (Å²) < 4.78 is 0. The average molecular weight is 255 g/mol. The Morgan fingerprint density at radius 2 is 1.32 bits per heavy atom. The van der Waals surface area contributed by atoms with E-state index in [1.807, 2.05) is 37.3 Å². The number of nitrogens with zero attached hydrogens (tertiary/aromatic N) is 1. The number of anilines is 3. The van der Waals surface area contributed by atoms with Gasteiger partial charge in [0.25, 0.3) is 0 Å². The molecular formula is C16H21N3. The summed E-state index contributed by atoms with van der Waals surface area (Å²) in [6, 6.07) is 9.86. The third kappa shape index (κ3) is 2.17. The molecule has 19 heavy (non-hydrogen) atoms. The van der Waals surface area contributed by atoms with Crippen LogP contribution in [0.25, 0.3) is 0 Å². The van der Waals surface area contributed by atoms with Gasteiger partial charge in [-0.1, -0.05) is 18.2 Å². The minimum atomic E-state index is 0.756. The Hall–Kier alpha value is -2.00. The zero-order valence-corrected chi connectivity index (χ0v) is 12.0. The summed E-state index contributed by atoms with van der Waals surface area (Å²) in [4.78, 5) is 0. The van der Waals surface area contributed by atoms with Crippen LogP contribution in [0.5, 0.6) is 0 Å². The van der Waals surface area contributed by atoms with E-state index in [4.69, 9.17) is 11.6 Å². The highest BCUT2D eigenvalue weighted by Gasteiger charge is 2.17. The van der Waals surface area contributed by atoms with E-state index in [1.165, 1.54) is 11.1 Å². The Bertz CT molecular complexity index is 574. The van der Waals surface area contributed by atoms with Gasteiger partial charge >= 0.3 is 0 Å². The summed E-state index contributed by atoms with van der Waals surface area (Å²) in [6.45, 7) is 8.32. The molecule has 0 heterocycles. The van der Waals surface area contributed by atoms with Crippen LogP contribution in [0.15, 0.2) is 30.3 Å². The van der Waals surface area contributed by atoms with Gasteiger partial charge in [-0.3, -0.25) is 5.01 Å². The molecule has 0 unspecified atom stereocenters. The van der Waals surface area contributed by atoms with Crippen molar-refractivity contribution in [3.05, 3.63) is 52.6 Å². The molecule has 3 heteroatoms. The number of benzene rings is 2. The van der Waals surface area contributed by atoms with E-state index in [1.54, 1.807) is 5.01 Å². The molecule has 2 aromatic rings. The topological polar surface area (TPSA) is 55.3 Å². The zero-order chi connectivity index (χ0) is 14.2. The molecule has 0 bridgehead atoms. The molecule has 100 valence electrons. The van der Waals surface area contributed by atoms with E-state index < -0.39 is 0 Å². The number of hydrogen-bond acceptors (Lipinski definition) is 3. The SMILES string of the molecule is Cc1c(C)c(C)c(N(N)c2ccccc2)c(N)c1C. The quantitative estimate of drug-likeness (QED) is 0.490. The van der Waals surface area contributed by atoms with Gasteiger partial charge in [-0.2, -0.15) is 0 Å². The summed E-state index contributed by atoms with van der Waals surface area (Å²) in [5.74, 6) is 6.26. The molecule has 0 saturated carbocycles. The van der Waals surface area contributed by atoms with Crippen molar-refractivity contribution in [2.45, 2.75) is 27.7 Å². The second-order valence-corrected chi connectivity index (χ2v) is 4.97. The van der Waals surface area contributed by atoms with Crippen LogP contribution in [-0.2, 0) is 0 Å². The van der Waals surface area contributed by atoms with Gasteiger partial charge < -0.3 is 5.73 Å². The molecule has 3 nitrogen and oxygen atoms in total. The van der Waals surface area contributed by atoms with Crippen molar-refractivity contribution >= 4 is 17.1 Å². The van der Waals surface area contributed by atoms with E-state index in [-0.39, 0.29) is 0 Å². The summed E-state index contributed by atoms with van der Waals surface area (Å²) in [5, 5.41) is 1.67. The Kier molecular flexibility index (Phi) is 3.49. The molecular weight excluding hydrogens is 234 g/mol. The van der Waals surface area contributed by atoms with E-state index in [0.717, 1.165) is 28.2 Å². The fraction of sp³-hybridized carbons (Fsp3) is 0.250. The van der Waals surface area contributed by atoms with Gasteiger partial charge in [-0.15, -0.1) is 0 Å². The summed E-state index contributed by atoms with van der Waals surface area (Å²) in [6.07, 6.45) is 0. The van der Waals surface area contributed by atoms with Crippen molar-refractivity contribution in [3.8, 4) is 0 Å². The Balaban J connectivity index is 2.64.